The van der Waals surface area contributed by atoms with E-state index in [0.717, 1.165) is 16.8 Å². The van der Waals surface area contributed by atoms with Crippen LogP contribution in [0, 0.1) is 17.6 Å². The van der Waals surface area contributed by atoms with E-state index in [-0.39, 0.29) is 49.6 Å². The Balaban J connectivity index is 1.25. The summed E-state index contributed by atoms with van der Waals surface area (Å²) in [6.07, 6.45) is 0.0342. The lowest BCUT2D eigenvalue weighted by atomic mass is 10.1. The molecule has 0 aliphatic carbocycles. The normalized spacial score (nSPS) is 16.8. The number of halogens is 2. The van der Waals surface area contributed by atoms with E-state index in [2.05, 4.69) is 15.7 Å². The van der Waals surface area contributed by atoms with Gasteiger partial charge in [0.15, 0.2) is 0 Å². The molecule has 2 aromatic carbocycles. The first-order valence-electron chi connectivity index (χ1n) is 11.4. The number of carbonyl (C=O) groups is 3. The van der Waals surface area contributed by atoms with Crippen molar-refractivity contribution in [1.82, 2.24) is 15.1 Å². The third-order valence-electron chi connectivity index (χ3n) is 6.19. The van der Waals surface area contributed by atoms with Gasteiger partial charge >= 0.3 is 0 Å². The number of nitrogens with zero attached hydrogens (tertiary/aromatic N) is 3. The van der Waals surface area contributed by atoms with E-state index < -0.39 is 11.7 Å². The van der Waals surface area contributed by atoms with E-state index in [1.54, 1.807) is 23.9 Å². The molecule has 2 aliphatic heterocycles. The van der Waals surface area contributed by atoms with Crippen molar-refractivity contribution in [3.05, 3.63) is 77.0 Å². The highest BCUT2D eigenvalue weighted by Gasteiger charge is 2.36. The van der Waals surface area contributed by atoms with Crippen LogP contribution in [0.2, 0.25) is 0 Å². The zero-order valence-corrected chi connectivity index (χ0v) is 20.0. The lowest BCUT2D eigenvalue weighted by Gasteiger charge is -2.17. The highest BCUT2D eigenvalue weighted by atomic mass is 32.2. The number of aromatic nitrogens is 2. The van der Waals surface area contributed by atoms with Gasteiger partial charge in [-0.05, 0) is 42.0 Å². The minimum Gasteiger partial charge on any atom is -0.350 e. The second-order valence-electron chi connectivity index (χ2n) is 8.70. The number of hydrogen-bond acceptors (Lipinski definition) is 5. The lowest BCUT2D eigenvalue weighted by molar-refractivity contribution is -0.122. The fraction of sp³-hybridized carbons (Fsp3) is 0.280. The Morgan fingerprint density at radius 3 is 2.44 bits per heavy atom. The third-order valence-corrected chi connectivity index (χ3v) is 7.16. The average Bonchev–Trinajstić information content (AvgIpc) is 3.56. The molecule has 11 heteroatoms. The molecule has 2 aliphatic rings. The van der Waals surface area contributed by atoms with E-state index in [1.807, 2.05) is 0 Å². The molecule has 0 bridgehead atoms. The molecule has 3 aromatic rings. The molecule has 1 fully saturated rings. The van der Waals surface area contributed by atoms with E-state index >= 15 is 0 Å². The molecule has 1 aromatic heterocycles. The highest BCUT2D eigenvalue weighted by Crippen LogP contribution is 2.35. The molecule has 1 atom stereocenters. The Hall–Kier alpha value is -3.73. The van der Waals surface area contributed by atoms with Crippen LogP contribution >= 0.6 is 11.8 Å². The van der Waals surface area contributed by atoms with Gasteiger partial charge < -0.3 is 15.5 Å². The summed E-state index contributed by atoms with van der Waals surface area (Å²) in [5.41, 5.74) is 2.99. The first-order valence-corrected chi connectivity index (χ1v) is 12.6. The van der Waals surface area contributed by atoms with Crippen molar-refractivity contribution in [1.29, 1.82) is 0 Å². The van der Waals surface area contributed by atoms with Gasteiger partial charge in [-0.25, -0.2) is 13.5 Å². The number of carbonyl (C=O) groups excluding carboxylic acids is 3. The number of anilines is 2. The molecule has 2 N–H and O–H groups in total. The van der Waals surface area contributed by atoms with Crippen molar-refractivity contribution >= 4 is 41.0 Å². The number of hydrogen-bond donors (Lipinski definition) is 2. The fourth-order valence-corrected chi connectivity index (χ4v) is 5.32. The quantitative estimate of drug-likeness (QED) is 0.508. The van der Waals surface area contributed by atoms with Crippen LogP contribution in [0.3, 0.4) is 0 Å². The van der Waals surface area contributed by atoms with Crippen LogP contribution in [0.1, 0.15) is 23.2 Å². The predicted molar refractivity (Wildman–Crippen MR) is 131 cm³/mol. The van der Waals surface area contributed by atoms with Crippen molar-refractivity contribution in [2.75, 3.05) is 16.8 Å². The maximum absolute atomic E-state index is 13.3. The van der Waals surface area contributed by atoms with Crippen LogP contribution in [0.4, 0.5) is 20.3 Å². The molecule has 0 spiro atoms. The number of nitrogens with one attached hydrogen (secondary N) is 2. The monoisotopic (exact) mass is 511 g/mol. The molecular weight excluding hydrogens is 488 g/mol. The van der Waals surface area contributed by atoms with E-state index in [1.165, 1.54) is 46.0 Å². The van der Waals surface area contributed by atoms with Gasteiger partial charge in [-0.2, -0.15) is 16.9 Å². The number of benzene rings is 2. The van der Waals surface area contributed by atoms with E-state index in [9.17, 15) is 23.2 Å². The van der Waals surface area contributed by atoms with Crippen molar-refractivity contribution in [3.8, 4) is 0 Å². The largest absolute Gasteiger partial charge is 0.350 e. The predicted octanol–water partition coefficient (Wildman–Crippen LogP) is 3.22. The van der Waals surface area contributed by atoms with Crippen molar-refractivity contribution < 1.29 is 23.2 Å². The molecule has 1 saturated heterocycles. The number of rotatable bonds is 7. The van der Waals surface area contributed by atoms with Gasteiger partial charge in [0.1, 0.15) is 24.0 Å². The number of amides is 3. The standard InChI is InChI=1S/C25H23F2N5O3S/c26-17-3-1-15(2-4-17)10-28-22(33)12-32-24(20-13-36-14-21(20)30-32)29-25(35)16-9-23(34)31(11-16)19-7-5-18(27)6-8-19/h1-8,16H,9-14H2,(H,28,33)(H,29,35). The minimum atomic E-state index is -0.595. The first-order chi connectivity index (χ1) is 17.4. The van der Waals surface area contributed by atoms with Crippen LogP contribution in [-0.4, -0.2) is 34.0 Å². The van der Waals surface area contributed by atoms with E-state index in [0.29, 0.717) is 23.0 Å². The smallest absolute Gasteiger partial charge is 0.242 e. The molecule has 3 amide bonds. The molecule has 1 unspecified atom stereocenters. The Morgan fingerprint density at radius 1 is 1.03 bits per heavy atom. The maximum Gasteiger partial charge on any atom is 0.242 e. The lowest BCUT2D eigenvalue weighted by Crippen LogP contribution is -2.31. The second kappa shape index (κ2) is 10.1. The molecule has 5 rings (SSSR count). The Bertz CT molecular complexity index is 1310. The summed E-state index contributed by atoms with van der Waals surface area (Å²) in [6, 6.07) is 11.4. The molecule has 0 radical (unpaired) electrons. The van der Waals surface area contributed by atoms with Gasteiger partial charge in [0.2, 0.25) is 17.7 Å². The van der Waals surface area contributed by atoms with E-state index in [4.69, 9.17) is 0 Å². The zero-order chi connectivity index (χ0) is 25.2. The van der Waals surface area contributed by atoms with Gasteiger partial charge in [-0.15, -0.1) is 0 Å². The van der Waals surface area contributed by atoms with Crippen molar-refractivity contribution in [2.45, 2.75) is 31.0 Å². The summed E-state index contributed by atoms with van der Waals surface area (Å²) in [7, 11) is 0. The Kier molecular flexibility index (Phi) is 6.73. The summed E-state index contributed by atoms with van der Waals surface area (Å²) >= 11 is 1.67. The topological polar surface area (TPSA) is 96.3 Å². The highest BCUT2D eigenvalue weighted by molar-refractivity contribution is 7.98. The van der Waals surface area contributed by atoms with Gasteiger partial charge in [-0.1, -0.05) is 12.1 Å². The zero-order valence-electron chi connectivity index (χ0n) is 19.2. The summed E-state index contributed by atoms with van der Waals surface area (Å²) < 4.78 is 27.8. The molecule has 36 heavy (non-hydrogen) atoms. The van der Waals surface area contributed by atoms with Crippen LogP contribution < -0.4 is 15.5 Å². The van der Waals surface area contributed by atoms with Gasteiger partial charge in [0, 0.05) is 42.3 Å². The number of thioether (sulfide) groups is 1. The summed E-state index contributed by atoms with van der Waals surface area (Å²) in [4.78, 5) is 39.8. The van der Waals surface area contributed by atoms with Crippen molar-refractivity contribution in [2.24, 2.45) is 5.92 Å². The van der Waals surface area contributed by atoms with Gasteiger partial charge in [-0.3, -0.25) is 14.4 Å². The average molecular weight is 512 g/mol. The van der Waals surface area contributed by atoms with Gasteiger partial charge in [0.05, 0.1) is 11.6 Å². The Morgan fingerprint density at radius 2 is 1.72 bits per heavy atom. The molecule has 186 valence electrons. The molecular formula is C25H23F2N5O3S. The van der Waals surface area contributed by atoms with Crippen LogP contribution in [-0.2, 0) is 39.0 Å². The molecule has 3 heterocycles. The molecule has 8 nitrogen and oxygen atoms in total. The van der Waals surface area contributed by atoms with Crippen LogP contribution in [0.15, 0.2) is 48.5 Å². The van der Waals surface area contributed by atoms with Gasteiger partial charge in [0.25, 0.3) is 0 Å². The third kappa shape index (κ3) is 5.11. The maximum atomic E-state index is 13.3. The SMILES string of the molecule is O=C(Cn1nc2c(c1NC(=O)C1CC(=O)N(c3ccc(F)cc3)C1)CSC2)NCc1ccc(F)cc1. The summed E-state index contributed by atoms with van der Waals surface area (Å²) in [5, 5.41) is 10.2. The molecule has 0 saturated carbocycles. The van der Waals surface area contributed by atoms with Crippen LogP contribution in [0.25, 0.3) is 0 Å². The summed E-state index contributed by atoms with van der Waals surface area (Å²) in [5.74, 6) is -0.386. The number of fused-ring (bicyclic) bond motifs is 1. The van der Waals surface area contributed by atoms with Crippen molar-refractivity contribution in [3.63, 3.8) is 0 Å². The summed E-state index contributed by atoms with van der Waals surface area (Å²) in [6.45, 7) is 0.320. The van der Waals surface area contributed by atoms with Crippen LogP contribution in [0.5, 0.6) is 0 Å². The second-order valence-corrected chi connectivity index (χ2v) is 9.68. The Labute approximate surface area is 210 Å². The first kappa shape index (κ1) is 24.0. The minimum absolute atomic E-state index is 0.0342. The fourth-order valence-electron chi connectivity index (χ4n) is 4.29.